The number of hydrogen-bond donors (Lipinski definition) is 1. The first-order valence-corrected chi connectivity index (χ1v) is 3.88. The number of rotatable bonds is 1. The third-order valence-corrected chi connectivity index (χ3v) is 1.77. The first kappa shape index (κ1) is 7.85. The molecule has 68 valence electrons. The predicted molar refractivity (Wildman–Crippen MR) is 49.0 cm³/mol. The Labute approximate surface area is 75.3 Å². The highest BCUT2D eigenvalue weighted by atomic mass is 16.3. The van der Waals surface area contributed by atoms with Crippen LogP contribution in [0, 0.1) is 0 Å². The zero-order valence-corrected chi connectivity index (χ0v) is 7.47. The van der Waals surface area contributed by atoms with Gasteiger partial charge in [0.25, 0.3) is 0 Å². The van der Waals surface area contributed by atoms with E-state index < -0.39 is 0 Å². The molecule has 0 spiro atoms. The lowest BCUT2D eigenvalue weighted by atomic mass is 10.5. The van der Waals surface area contributed by atoms with Gasteiger partial charge < -0.3 is 10.0 Å². The molecule has 0 aliphatic heterocycles. The van der Waals surface area contributed by atoms with Crippen molar-refractivity contribution in [2.24, 2.45) is 0 Å². The number of aromatic nitrogens is 3. The van der Waals surface area contributed by atoms with Crippen LogP contribution in [0.25, 0.3) is 5.65 Å². The third kappa shape index (κ3) is 1.18. The molecular formula is C8H10N4O. The summed E-state index contributed by atoms with van der Waals surface area (Å²) in [6.45, 7) is 0. The van der Waals surface area contributed by atoms with Crippen molar-refractivity contribution in [3.8, 4) is 5.88 Å². The normalized spacial score (nSPS) is 10.6. The highest BCUT2D eigenvalue weighted by Gasteiger charge is 2.07. The molecule has 0 aliphatic carbocycles. The van der Waals surface area contributed by atoms with E-state index in [1.165, 1.54) is 0 Å². The van der Waals surface area contributed by atoms with E-state index in [1.54, 1.807) is 23.0 Å². The van der Waals surface area contributed by atoms with Gasteiger partial charge in [0.2, 0.25) is 5.88 Å². The minimum atomic E-state index is 0.0103. The first-order chi connectivity index (χ1) is 6.18. The number of nitrogens with zero attached hydrogens (tertiary/aromatic N) is 4. The van der Waals surface area contributed by atoms with E-state index in [4.69, 9.17) is 0 Å². The van der Waals surface area contributed by atoms with Crippen LogP contribution in [-0.4, -0.2) is 33.6 Å². The lowest BCUT2D eigenvalue weighted by Gasteiger charge is -2.10. The Morgan fingerprint density at radius 1 is 1.46 bits per heavy atom. The molecule has 0 aliphatic rings. The molecule has 13 heavy (non-hydrogen) atoms. The van der Waals surface area contributed by atoms with Crippen LogP contribution < -0.4 is 4.90 Å². The summed E-state index contributed by atoms with van der Waals surface area (Å²) >= 11 is 0. The SMILES string of the molecule is CN(C)c1nccn2cc(O)nc12. The molecule has 0 unspecified atom stereocenters. The zero-order chi connectivity index (χ0) is 9.42. The van der Waals surface area contributed by atoms with E-state index in [-0.39, 0.29) is 5.88 Å². The van der Waals surface area contributed by atoms with Crippen molar-refractivity contribution in [1.29, 1.82) is 0 Å². The van der Waals surface area contributed by atoms with Crippen molar-refractivity contribution < 1.29 is 5.11 Å². The van der Waals surface area contributed by atoms with Crippen LogP contribution in [0.4, 0.5) is 5.82 Å². The van der Waals surface area contributed by atoms with Crippen LogP contribution in [-0.2, 0) is 0 Å². The van der Waals surface area contributed by atoms with Gasteiger partial charge in [-0.15, -0.1) is 0 Å². The molecule has 1 N–H and O–H groups in total. The lowest BCUT2D eigenvalue weighted by Crippen LogP contribution is -2.12. The summed E-state index contributed by atoms with van der Waals surface area (Å²) in [6, 6.07) is 0. The molecule has 0 amide bonds. The summed E-state index contributed by atoms with van der Waals surface area (Å²) in [7, 11) is 3.77. The Kier molecular flexibility index (Phi) is 1.58. The second-order valence-corrected chi connectivity index (χ2v) is 2.98. The summed E-state index contributed by atoms with van der Waals surface area (Å²) in [5, 5.41) is 9.18. The number of anilines is 1. The molecule has 2 aromatic rings. The van der Waals surface area contributed by atoms with Crippen molar-refractivity contribution >= 4 is 11.5 Å². The molecule has 0 radical (unpaired) electrons. The fourth-order valence-corrected chi connectivity index (χ4v) is 1.21. The third-order valence-electron chi connectivity index (χ3n) is 1.77. The highest BCUT2D eigenvalue weighted by Crippen LogP contribution is 2.17. The number of imidazole rings is 1. The van der Waals surface area contributed by atoms with Gasteiger partial charge in [0.15, 0.2) is 11.5 Å². The van der Waals surface area contributed by atoms with Gasteiger partial charge in [0.05, 0.1) is 6.20 Å². The van der Waals surface area contributed by atoms with Crippen molar-refractivity contribution in [2.75, 3.05) is 19.0 Å². The standard InChI is InChI=1S/C8H10N4O/c1-11(2)7-8-10-6(13)5-12(8)4-3-9-7/h3-5,13H,1-2H3. The molecule has 2 heterocycles. The van der Waals surface area contributed by atoms with Crippen LogP contribution in [0.5, 0.6) is 5.88 Å². The van der Waals surface area contributed by atoms with E-state index in [2.05, 4.69) is 9.97 Å². The Morgan fingerprint density at radius 2 is 2.23 bits per heavy atom. The van der Waals surface area contributed by atoms with Gasteiger partial charge in [-0.1, -0.05) is 0 Å². The number of fused-ring (bicyclic) bond motifs is 1. The average Bonchev–Trinajstić information content (AvgIpc) is 2.43. The molecule has 5 nitrogen and oxygen atoms in total. The molecule has 0 saturated carbocycles. The molecule has 0 fully saturated rings. The molecule has 0 saturated heterocycles. The van der Waals surface area contributed by atoms with Gasteiger partial charge in [-0.3, -0.25) is 4.40 Å². The van der Waals surface area contributed by atoms with Gasteiger partial charge in [0, 0.05) is 26.5 Å². The fraction of sp³-hybridized carbons (Fsp3) is 0.250. The molecule has 2 aromatic heterocycles. The summed E-state index contributed by atoms with van der Waals surface area (Å²) in [4.78, 5) is 9.95. The lowest BCUT2D eigenvalue weighted by molar-refractivity contribution is 0.457. The van der Waals surface area contributed by atoms with E-state index in [9.17, 15) is 5.11 Å². The first-order valence-electron chi connectivity index (χ1n) is 3.88. The Morgan fingerprint density at radius 3 is 2.92 bits per heavy atom. The van der Waals surface area contributed by atoms with Crippen LogP contribution in [0.2, 0.25) is 0 Å². The van der Waals surface area contributed by atoms with E-state index in [1.807, 2.05) is 19.0 Å². The number of aromatic hydroxyl groups is 1. The molecule has 0 aromatic carbocycles. The van der Waals surface area contributed by atoms with Crippen molar-refractivity contribution in [3.63, 3.8) is 0 Å². The zero-order valence-electron chi connectivity index (χ0n) is 7.47. The van der Waals surface area contributed by atoms with E-state index in [0.717, 1.165) is 5.82 Å². The largest absolute Gasteiger partial charge is 0.492 e. The molecule has 0 atom stereocenters. The molecule has 2 rings (SSSR count). The number of hydrogen-bond acceptors (Lipinski definition) is 4. The second-order valence-electron chi connectivity index (χ2n) is 2.98. The van der Waals surface area contributed by atoms with Crippen LogP contribution in [0.15, 0.2) is 18.6 Å². The fourth-order valence-electron chi connectivity index (χ4n) is 1.21. The Hall–Kier alpha value is -1.78. The van der Waals surface area contributed by atoms with Crippen LogP contribution in [0.3, 0.4) is 0 Å². The topological polar surface area (TPSA) is 53.7 Å². The maximum Gasteiger partial charge on any atom is 0.230 e. The van der Waals surface area contributed by atoms with Gasteiger partial charge in [0.1, 0.15) is 0 Å². The second kappa shape index (κ2) is 2.62. The maximum absolute atomic E-state index is 9.18. The van der Waals surface area contributed by atoms with Gasteiger partial charge in [-0.2, -0.15) is 4.98 Å². The monoisotopic (exact) mass is 178 g/mol. The summed E-state index contributed by atoms with van der Waals surface area (Å²) in [6.07, 6.45) is 4.96. The van der Waals surface area contributed by atoms with Crippen LogP contribution >= 0.6 is 0 Å². The van der Waals surface area contributed by atoms with Crippen molar-refractivity contribution in [2.45, 2.75) is 0 Å². The van der Waals surface area contributed by atoms with Gasteiger partial charge in [-0.25, -0.2) is 4.98 Å². The predicted octanol–water partition coefficient (Wildman–Crippen LogP) is 0.501. The Bertz CT molecular complexity index is 435. The maximum atomic E-state index is 9.18. The van der Waals surface area contributed by atoms with Gasteiger partial charge >= 0.3 is 0 Å². The molecule has 5 heteroatoms. The molecular weight excluding hydrogens is 168 g/mol. The smallest absolute Gasteiger partial charge is 0.230 e. The molecule has 0 bridgehead atoms. The minimum Gasteiger partial charge on any atom is -0.492 e. The summed E-state index contributed by atoms with van der Waals surface area (Å²) in [5.74, 6) is 0.749. The minimum absolute atomic E-state index is 0.0103. The Balaban J connectivity index is 2.75. The van der Waals surface area contributed by atoms with Crippen molar-refractivity contribution in [1.82, 2.24) is 14.4 Å². The average molecular weight is 178 g/mol. The quantitative estimate of drug-likeness (QED) is 0.691. The van der Waals surface area contributed by atoms with Crippen molar-refractivity contribution in [3.05, 3.63) is 18.6 Å². The summed E-state index contributed by atoms with van der Waals surface area (Å²) < 4.78 is 1.73. The van der Waals surface area contributed by atoms with Gasteiger partial charge in [-0.05, 0) is 0 Å². The van der Waals surface area contributed by atoms with Crippen LogP contribution in [0.1, 0.15) is 0 Å². The van der Waals surface area contributed by atoms with E-state index in [0.29, 0.717) is 5.65 Å². The highest BCUT2D eigenvalue weighted by molar-refractivity contribution is 5.64. The van der Waals surface area contributed by atoms with E-state index >= 15 is 0 Å². The summed E-state index contributed by atoms with van der Waals surface area (Å²) in [5.41, 5.74) is 0.657.